The zero-order valence-corrected chi connectivity index (χ0v) is 15.8. The second-order valence-electron chi connectivity index (χ2n) is 7.28. The van der Waals surface area contributed by atoms with Gasteiger partial charge in [0.25, 0.3) is 0 Å². The number of hydrogen-bond donors (Lipinski definition) is 0. The van der Waals surface area contributed by atoms with E-state index in [1.165, 1.54) is 18.4 Å². The molecule has 1 amide bonds. The van der Waals surface area contributed by atoms with E-state index in [-0.39, 0.29) is 11.9 Å². The van der Waals surface area contributed by atoms with Gasteiger partial charge in [0.15, 0.2) is 0 Å². The maximum atomic E-state index is 13.0. The predicted octanol–water partition coefficient (Wildman–Crippen LogP) is 2.04. The molecular formula is C19H26N6O. The third-order valence-corrected chi connectivity index (χ3v) is 5.51. The average Bonchev–Trinajstić information content (AvgIpc) is 3.30. The summed E-state index contributed by atoms with van der Waals surface area (Å²) in [6.45, 7) is 9.23. The first kappa shape index (κ1) is 17.0. The van der Waals surface area contributed by atoms with E-state index in [2.05, 4.69) is 14.9 Å². The number of anilines is 1. The Balaban J connectivity index is 1.58. The molecule has 0 aliphatic carbocycles. The van der Waals surface area contributed by atoms with Crippen LogP contribution in [0.25, 0.3) is 0 Å². The Kier molecular flexibility index (Phi) is 4.38. The highest BCUT2D eigenvalue weighted by Gasteiger charge is 2.30. The maximum absolute atomic E-state index is 13.0. The normalized spacial score (nSPS) is 18.1. The van der Waals surface area contributed by atoms with Gasteiger partial charge in [-0.05, 0) is 40.0 Å². The summed E-state index contributed by atoms with van der Waals surface area (Å²) in [6.07, 6.45) is 6.88. The van der Waals surface area contributed by atoms with Crippen molar-refractivity contribution in [3.05, 3.63) is 35.3 Å². The van der Waals surface area contributed by atoms with Crippen LogP contribution in [-0.4, -0.2) is 50.0 Å². The van der Waals surface area contributed by atoms with Crippen molar-refractivity contribution in [2.75, 3.05) is 24.5 Å². The third-order valence-electron chi connectivity index (χ3n) is 5.51. The molecule has 2 aliphatic rings. The molecule has 1 unspecified atom stereocenters. The Morgan fingerprint density at radius 1 is 1.15 bits per heavy atom. The van der Waals surface area contributed by atoms with Gasteiger partial charge in [0.05, 0.1) is 12.2 Å². The Bertz CT molecular complexity index is 823. The molecule has 0 aromatic carbocycles. The molecule has 1 fully saturated rings. The van der Waals surface area contributed by atoms with Crippen LogP contribution in [0, 0.1) is 13.8 Å². The number of rotatable bonds is 3. The van der Waals surface area contributed by atoms with Gasteiger partial charge in [-0.2, -0.15) is 0 Å². The van der Waals surface area contributed by atoms with E-state index >= 15 is 0 Å². The van der Waals surface area contributed by atoms with E-state index in [4.69, 9.17) is 4.98 Å². The molecule has 138 valence electrons. The van der Waals surface area contributed by atoms with Crippen molar-refractivity contribution in [3.63, 3.8) is 0 Å². The van der Waals surface area contributed by atoms with Crippen LogP contribution in [0.15, 0.2) is 12.4 Å². The summed E-state index contributed by atoms with van der Waals surface area (Å²) >= 11 is 0. The van der Waals surface area contributed by atoms with Crippen molar-refractivity contribution in [1.29, 1.82) is 0 Å². The van der Waals surface area contributed by atoms with E-state index in [1.54, 1.807) is 6.20 Å². The fourth-order valence-corrected chi connectivity index (χ4v) is 4.09. The predicted molar refractivity (Wildman–Crippen MR) is 99.0 cm³/mol. The monoisotopic (exact) mass is 354 g/mol. The quantitative estimate of drug-likeness (QED) is 0.844. The minimum atomic E-state index is -0.250. The summed E-state index contributed by atoms with van der Waals surface area (Å²) in [5, 5.41) is 0. The molecule has 1 saturated heterocycles. The van der Waals surface area contributed by atoms with Crippen LogP contribution >= 0.6 is 0 Å². The molecular weight excluding hydrogens is 328 g/mol. The summed E-state index contributed by atoms with van der Waals surface area (Å²) in [7, 11) is 0. The number of nitrogens with zero attached hydrogens (tertiary/aromatic N) is 6. The summed E-state index contributed by atoms with van der Waals surface area (Å²) in [4.78, 5) is 30.9. The third kappa shape index (κ3) is 2.95. The van der Waals surface area contributed by atoms with Gasteiger partial charge in [0.1, 0.15) is 23.5 Å². The van der Waals surface area contributed by atoms with Crippen molar-refractivity contribution in [2.45, 2.75) is 52.6 Å². The average molecular weight is 354 g/mol. The van der Waals surface area contributed by atoms with Gasteiger partial charge in [0, 0.05) is 37.6 Å². The Hall–Kier alpha value is -2.44. The van der Waals surface area contributed by atoms with Crippen molar-refractivity contribution in [3.8, 4) is 0 Å². The largest absolute Gasteiger partial charge is 0.356 e. The number of fused-ring (bicyclic) bond motifs is 1. The molecule has 4 rings (SSSR count). The Morgan fingerprint density at radius 3 is 2.62 bits per heavy atom. The highest BCUT2D eigenvalue weighted by molar-refractivity contribution is 5.80. The number of imidazole rings is 1. The Labute approximate surface area is 154 Å². The highest BCUT2D eigenvalue weighted by Crippen LogP contribution is 2.29. The number of hydrogen-bond acceptors (Lipinski definition) is 5. The molecule has 0 radical (unpaired) electrons. The molecule has 0 N–H and O–H groups in total. The second kappa shape index (κ2) is 6.70. The lowest BCUT2D eigenvalue weighted by Crippen LogP contribution is -2.41. The molecule has 2 aromatic rings. The van der Waals surface area contributed by atoms with Gasteiger partial charge in [-0.15, -0.1) is 0 Å². The zero-order chi connectivity index (χ0) is 18.3. The topological polar surface area (TPSA) is 67.2 Å². The van der Waals surface area contributed by atoms with Gasteiger partial charge >= 0.3 is 0 Å². The van der Waals surface area contributed by atoms with Crippen LogP contribution in [0.4, 0.5) is 5.82 Å². The minimum absolute atomic E-state index is 0.121. The standard InChI is InChI=1S/C19H26N6O/c1-13(25-11-7-20-15(25)3)19(26)24-10-6-16-17(12-24)21-14(2)22-18(16)23-8-4-5-9-23/h7,11,13H,4-6,8-10,12H2,1-3H3. The summed E-state index contributed by atoms with van der Waals surface area (Å²) in [5.41, 5.74) is 2.24. The zero-order valence-electron chi connectivity index (χ0n) is 15.8. The van der Waals surface area contributed by atoms with E-state index in [0.29, 0.717) is 6.54 Å². The molecule has 0 spiro atoms. The van der Waals surface area contributed by atoms with Gasteiger partial charge < -0.3 is 14.4 Å². The lowest BCUT2D eigenvalue weighted by Gasteiger charge is -2.33. The van der Waals surface area contributed by atoms with Gasteiger partial charge in [-0.1, -0.05) is 0 Å². The lowest BCUT2D eigenvalue weighted by atomic mass is 10.0. The highest BCUT2D eigenvalue weighted by atomic mass is 16.2. The number of amides is 1. The molecule has 0 saturated carbocycles. The first-order chi connectivity index (χ1) is 12.5. The van der Waals surface area contributed by atoms with E-state index < -0.39 is 0 Å². The SMILES string of the molecule is Cc1nc2c(c(N3CCCC3)n1)CCN(C(=O)C(C)n1ccnc1C)C2. The van der Waals surface area contributed by atoms with Crippen molar-refractivity contribution >= 4 is 11.7 Å². The fraction of sp³-hybridized carbons (Fsp3) is 0.579. The lowest BCUT2D eigenvalue weighted by molar-refractivity contribution is -0.135. The van der Waals surface area contributed by atoms with Crippen molar-refractivity contribution in [2.24, 2.45) is 0 Å². The maximum Gasteiger partial charge on any atom is 0.245 e. The second-order valence-corrected chi connectivity index (χ2v) is 7.28. The Morgan fingerprint density at radius 2 is 1.92 bits per heavy atom. The first-order valence-electron chi connectivity index (χ1n) is 9.44. The van der Waals surface area contributed by atoms with Crippen LogP contribution in [-0.2, 0) is 17.8 Å². The summed E-state index contributed by atoms with van der Waals surface area (Å²) in [6, 6.07) is -0.250. The van der Waals surface area contributed by atoms with E-state index in [0.717, 1.165) is 49.2 Å². The molecule has 7 heteroatoms. The van der Waals surface area contributed by atoms with E-state index in [1.807, 2.05) is 36.4 Å². The van der Waals surface area contributed by atoms with Crippen LogP contribution in [0.1, 0.15) is 48.7 Å². The van der Waals surface area contributed by atoms with Crippen molar-refractivity contribution < 1.29 is 4.79 Å². The fourth-order valence-electron chi connectivity index (χ4n) is 4.09. The number of carbonyl (C=O) groups excluding carboxylic acids is 1. The molecule has 1 atom stereocenters. The van der Waals surface area contributed by atoms with Crippen LogP contribution in [0.5, 0.6) is 0 Å². The molecule has 2 aliphatic heterocycles. The number of carbonyl (C=O) groups is 1. The molecule has 4 heterocycles. The summed E-state index contributed by atoms with van der Waals surface area (Å²) < 4.78 is 1.93. The van der Waals surface area contributed by atoms with Crippen LogP contribution < -0.4 is 4.90 Å². The summed E-state index contributed by atoms with van der Waals surface area (Å²) in [5.74, 6) is 2.86. The first-order valence-corrected chi connectivity index (χ1v) is 9.44. The smallest absolute Gasteiger partial charge is 0.245 e. The van der Waals surface area contributed by atoms with Crippen LogP contribution in [0.3, 0.4) is 0 Å². The van der Waals surface area contributed by atoms with Gasteiger partial charge in [-0.3, -0.25) is 4.79 Å². The van der Waals surface area contributed by atoms with Gasteiger partial charge in [0.2, 0.25) is 5.91 Å². The van der Waals surface area contributed by atoms with Crippen molar-refractivity contribution in [1.82, 2.24) is 24.4 Å². The molecule has 2 aromatic heterocycles. The molecule has 26 heavy (non-hydrogen) atoms. The van der Waals surface area contributed by atoms with Gasteiger partial charge in [-0.25, -0.2) is 15.0 Å². The molecule has 0 bridgehead atoms. The minimum Gasteiger partial charge on any atom is -0.356 e. The van der Waals surface area contributed by atoms with E-state index in [9.17, 15) is 4.79 Å². The molecule has 7 nitrogen and oxygen atoms in total. The number of aromatic nitrogens is 4. The number of aryl methyl sites for hydroxylation is 2. The van der Waals surface area contributed by atoms with Crippen LogP contribution in [0.2, 0.25) is 0 Å².